The van der Waals surface area contributed by atoms with Crippen LogP contribution in [0.2, 0.25) is 0 Å². The fourth-order valence-electron chi connectivity index (χ4n) is 5.03. The molecule has 2 aliphatic heterocycles. The number of esters is 4. The molecule has 13 heteroatoms. The summed E-state index contributed by atoms with van der Waals surface area (Å²) in [6, 6.07) is 15.3. The van der Waals surface area contributed by atoms with Crippen molar-refractivity contribution >= 4 is 53.5 Å². The van der Waals surface area contributed by atoms with Gasteiger partial charge in [0.1, 0.15) is 12.7 Å². The molecule has 4 rings (SSSR count). The topological polar surface area (TPSA) is 141 Å². The van der Waals surface area contributed by atoms with E-state index in [1.807, 2.05) is 53.9 Å². The number of carbonyl (C=O) groups excluding carboxylic acids is 4. The van der Waals surface area contributed by atoms with E-state index in [1.54, 1.807) is 4.90 Å². The molecule has 11 nitrogen and oxygen atoms in total. The molecule has 2 aliphatic rings. The van der Waals surface area contributed by atoms with Crippen LogP contribution in [0.1, 0.15) is 44.1 Å². The smallest absolute Gasteiger partial charge is 0.303 e. The van der Waals surface area contributed by atoms with Crippen molar-refractivity contribution < 1.29 is 42.9 Å². The zero-order chi connectivity index (χ0) is 31.3. The lowest BCUT2D eigenvalue weighted by molar-refractivity contribution is -0.268. The second-order valence-electron chi connectivity index (χ2n) is 9.72. The molecule has 1 saturated heterocycles. The highest BCUT2D eigenvalue weighted by Crippen LogP contribution is 2.46. The molecule has 2 aromatic rings. The van der Waals surface area contributed by atoms with Gasteiger partial charge in [0.05, 0.1) is 22.6 Å². The lowest BCUT2D eigenvalue weighted by Gasteiger charge is -2.49. The highest BCUT2D eigenvalue weighted by Gasteiger charge is 2.55. The van der Waals surface area contributed by atoms with Gasteiger partial charge < -0.3 is 28.6 Å². The van der Waals surface area contributed by atoms with E-state index < -0.39 is 60.4 Å². The van der Waals surface area contributed by atoms with E-state index in [0.717, 1.165) is 24.3 Å². The molecular weight excluding hydrogens is 596 g/mol. The standard InChI is InChI=1S/C30H30N2O9S2/c1-16(33)37-15-24-26(38-17(2)34)27(39-18(3)35)28(40-19(4)36)29(41-24)32-23(20-9-6-5-7-10-20)13-21(22(14-31)30(32)42)25-11-8-12-43-25/h5-13,21,24,26-29,42H,15H2,1-4H3/t21-,24+,26+,27-,28-,29+/m0/s1. The minimum Gasteiger partial charge on any atom is -0.463 e. The first kappa shape index (κ1) is 31.8. The second kappa shape index (κ2) is 13.9. The lowest BCUT2D eigenvalue weighted by atomic mass is 9.90. The van der Waals surface area contributed by atoms with Crippen LogP contribution in [0, 0.1) is 11.3 Å². The highest BCUT2D eigenvalue weighted by molar-refractivity contribution is 7.84. The summed E-state index contributed by atoms with van der Waals surface area (Å²) < 4.78 is 28.5. The molecule has 1 aromatic carbocycles. The maximum atomic E-state index is 12.4. The molecule has 0 aliphatic carbocycles. The number of benzene rings is 1. The minimum absolute atomic E-state index is 0.197. The van der Waals surface area contributed by atoms with E-state index in [9.17, 15) is 24.4 Å². The van der Waals surface area contributed by atoms with Crippen molar-refractivity contribution in [3.8, 4) is 6.07 Å². The average molecular weight is 627 g/mol. The number of carbonyl (C=O) groups is 4. The van der Waals surface area contributed by atoms with Gasteiger partial charge in [0.15, 0.2) is 24.5 Å². The number of allylic oxidation sites excluding steroid dienone is 2. The Morgan fingerprint density at radius 1 is 0.907 bits per heavy atom. The van der Waals surface area contributed by atoms with Gasteiger partial charge in [-0.2, -0.15) is 5.26 Å². The molecule has 1 aromatic heterocycles. The molecule has 0 spiro atoms. The van der Waals surface area contributed by atoms with Crippen LogP contribution in [0.4, 0.5) is 0 Å². The summed E-state index contributed by atoms with van der Waals surface area (Å²) in [6.45, 7) is 4.29. The Kier molecular flexibility index (Phi) is 10.3. The summed E-state index contributed by atoms with van der Waals surface area (Å²) in [5.74, 6) is -3.30. The number of nitriles is 1. The molecule has 0 saturated carbocycles. The lowest BCUT2D eigenvalue weighted by Crippen LogP contribution is -2.65. The third-order valence-electron chi connectivity index (χ3n) is 6.62. The fraction of sp³-hybridized carbons (Fsp3) is 0.367. The van der Waals surface area contributed by atoms with Crippen LogP contribution in [0.15, 0.2) is 64.5 Å². The number of rotatable bonds is 8. The summed E-state index contributed by atoms with van der Waals surface area (Å²) >= 11 is 6.29. The number of thiophene rings is 1. The Labute approximate surface area is 258 Å². The van der Waals surface area contributed by atoms with Crippen LogP contribution in [-0.4, -0.2) is 66.0 Å². The largest absolute Gasteiger partial charge is 0.463 e. The van der Waals surface area contributed by atoms with Gasteiger partial charge in [-0.3, -0.25) is 19.2 Å². The van der Waals surface area contributed by atoms with E-state index in [2.05, 4.69) is 6.07 Å². The van der Waals surface area contributed by atoms with Crippen molar-refractivity contribution in [2.45, 2.75) is 64.3 Å². The van der Waals surface area contributed by atoms with Gasteiger partial charge in [0, 0.05) is 38.3 Å². The van der Waals surface area contributed by atoms with E-state index in [-0.39, 0.29) is 11.6 Å². The minimum atomic E-state index is -1.39. The Balaban J connectivity index is 1.93. The molecular formula is C30H30N2O9S2. The summed E-state index contributed by atoms with van der Waals surface area (Å²) in [6.07, 6.45) is -4.67. The van der Waals surface area contributed by atoms with Crippen molar-refractivity contribution in [3.05, 3.63) is 75.0 Å². The number of thiol groups is 1. The van der Waals surface area contributed by atoms with E-state index in [0.29, 0.717) is 11.3 Å². The predicted octanol–water partition coefficient (Wildman–Crippen LogP) is 3.94. The Morgan fingerprint density at radius 2 is 1.53 bits per heavy atom. The molecule has 226 valence electrons. The fourth-order valence-corrected chi connectivity index (χ4v) is 6.25. The SMILES string of the molecule is CC(=O)OC[C@H]1O[C@@H](N2C(c3ccccc3)=C[C@H](c3cccs3)C(C#N)=C2S)[C@@H](OC(C)=O)[C@@H](OC(C)=O)[C@@H]1OC(C)=O. The Morgan fingerprint density at radius 3 is 2.09 bits per heavy atom. The van der Waals surface area contributed by atoms with Crippen LogP contribution in [-0.2, 0) is 42.9 Å². The van der Waals surface area contributed by atoms with Crippen LogP contribution < -0.4 is 0 Å². The summed E-state index contributed by atoms with van der Waals surface area (Å²) in [5, 5.41) is 12.4. The molecule has 3 heterocycles. The molecule has 0 amide bonds. The maximum absolute atomic E-state index is 12.4. The first-order chi connectivity index (χ1) is 20.5. The first-order valence-corrected chi connectivity index (χ1v) is 14.6. The van der Waals surface area contributed by atoms with E-state index in [4.69, 9.17) is 36.3 Å². The molecule has 6 atom stereocenters. The first-order valence-electron chi connectivity index (χ1n) is 13.2. The zero-order valence-electron chi connectivity index (χ0n) is 23.8. The molecule has 43 heavy (non-hydrogen) atoms. The van der Waals surface area contributed by atoms with Gasteiger partial charge >= 0.3 is 23.9 Å². The van der Waals surface area contributed by atoms with Gasteiger partial charge in [-0.1, -0.05) is 36.4 Å². The molecule has 0 radical (unpaired) electrons. The molecule has 1 fully saturated rings. The Hall–Kier alpha value is -4.12. The van der Waals surface area contributed by atoms with Gasteiger partial charge in [-0.15, -0.1) is 24.0 Å². The van der Waals surface area contributed by atoms with E-state index >= 15 is 0 Å². The van der Waals surface area contributed by atoms with Gasteiger partial charge in [-0.25, -0.2) is 0 Å². The van der Waals surface area contributed by atoms with Crippen molar-refractivity contribution in [2.75, 3.05) is 6.61 Å². The van der Waals surface area contributed by atoms with Gasteiger partial charge in [0.25, 0.3) is 0 Å². The monoisotopic (exact) mass is 626 g/mol. The van der Waals surface area contributed by atoms with Crippen molar-refractivity contribution in [1.29, 1.82) is 5.26 Å². The quantitative estimate of drug-likeness (QED) is 0.259. The number of ether oxygens (including phenoxy) is 5. The van der Waals surface area contributed by atoms with Gasteiger partial charge in [0.2, 0.25) is 0 Å². The van der Waals surface area contributed by atoms with E-state index in [1.165, 1.54) is 25.2 Å². The summed E-state index contributed by atoms with van der Waals surface area (Å²) in [5.41, 5.74) is 1.57. The van der Waals surface area contributed by atoms with Crippen LogP contribution in [0.25, 0.3) is 5.70 Å². The third-order valence-corrected chi connectivity index (χ3v) is 8.04. The summed E-state index contributed by atoms with van der Waals surface area (Å²) in [4.78, 5) is 51.2. The van der Waals surface area contributed by atoms with Crippen LogP contribution >= 0.6 is 24.0 Å². The number of nitrogens with zero attached hydrogens (tertiary/aromatic N) is 2. The summed E-state index contributed by atoms with van der Waals surface area (Å²) in [7, 11) is 0. The second-order valence-corrected chi connectivity index (χ2v) is 11.1. The number of hydrogen-bond donors (Lipinski definition) is 1. The zero-order valence-corrected chi connectivity index (χ0v) is 25.5. The van der Waals surface area contributed by atoms with Crippen LogP contribution in [0.5, 0.6) is 0 Å². The normalized spacial score (nSPS) is 25.2. The highest BCUT2D eigenvalue weighted by atomic mass is 32.1. The number of hydrogen-bond acceptors (Lipinski definition) is 13. The van der Waals surface area contributed by atoms with Crippen LogP contribution in [0.3, 0.4) is 0 Å². The van der Waals surface area contributed by atoms with Crippen molar-refractivity contribution in [1.82, 2.24) is 4.90 Å². The van der Waals surface area contributed by atoms with Crippen molar-refractivity contribution in [3.63, 3.8) is 0 Å². The average Bonchev–Trinajstić information content (AvgIpc) is 3.49. The molecule has 0 N–H and O–H groups in total. The molecule has 0 bridgehead atoms. The molecule has 0 unspecified atom stereocenters. The predicted molar refractivity (Wildman–Crippen MR) is 157 cm³/mol. The van der Waals surface area contributed by atoms with Crippen molar-refractivity contribution in [2.24, 2.45) is 0 Å². The maximum Gasteiger partial charge on any atom is 0.303 e. The Bertz CT molecular complexity index is 1470. The third kappa shape index (κ3) is 7.27. The van der Waals surface area contributed by atoms with Gasteiger partial charge in [-0.05, 0) is 23.1 Å².